The van der Waals surface area contributed by atoms with Crippen LogP contribution in [0.2, 0.25) is 0 Å². The number of benzene rings is 1. The summed E-state index contributed by atoms with van der Waals surface area (Å²) in [5, 5.41) is 9.71. The molecule has 0 unspecified atom stereocenters. The molecule has 0 spiro atoms. The fraction of sp³-hybridized carbons (Fsp3) is 0.588. The third-order valence-corrected chi connectivity index (χ3v) is 5.00. The number of aliphatic hydroxyl groups excluding tert-OH is 1. The predicted molar refractivity (Wildman–Crippen MR) is 81.7 cm³/mol. The molecule has 1 heterocycles. The Hall–Kier alpha value is -1.39. The van der Waals surface area contributed by atoms with Gasteiger partial charge in [0.05, 0.1) is 6.10 Å². The molecule has 1 aliphatic heterocycles. The lowest BCUT2D eigenvalue weighted by atomic mass is 9.89. The van der Waals surface area contributed by atoms with Crippen LogP contribution in [0.1, 0.15) is 37.2 Å². The Bertz CT molecular complexity index is 473. The first kappa shape index (κ1) is 14.5. The number of nitrogens with zero attached hydrogens (tertiary/aromatic N) is 1. The normalized spacial score (nSPS) is 30.6. The van der Waals surface area contributed by atoms with Crippen LogP contribution >= 0.6 is 0 Å². The highest BCUT2D eigenvalue weighted by atomic mass is 16.3. The van der Waals surface area contributed by atoms with Crippen molar-refractivity contribution in [1.82, 2.24) is 4.90 Å². The molecule has 1 saturated carbocycles. The van der Waals surface area contributed by atoms with Crippen LogP contribution in [0.5, 0.6) is 0 Å². The zero-order valence-corrected chi connectivity index (χ0v) is 12.3. The third-order valence-electron chi connectivity index (χ3n) is 5.00. The molecule has 1 aliphatic carbocycles. The van der Waals surface area contributed by atoms with Gasteiger partial charge in [0, 0.05) is 25.0 Å². The topological polar surface area (TPSA) is 66.6 Å². The number of carbonyl (C=O) groups is 1. The van der Waals surface area contributed by atoms with Gasteiger partial charge in [-0.1, -0.05) is 30.3 Å². The number of carbonyl (C=O) groups excluding carboxylic acids is 1. The lowest BCUT2D eigenvalue weighted by molar-refractivity contribution is -0.136. The lowest BCUT2D eigenvalue weighted by Crippen LogP contribution is -2.41. The number of hydrogen-bond acceptors (Lipinski definition) is 3. The van der Waals surface area contributed by atoms with Gasteiger partial charge < -0.3 is 15.7 Å². The van der Waals surface area contributed by atoms with E-state index in [1.54, 1.807) is 0 Å². The highest BCUT2D eigenvalue weighted by molar-refractivity contribution is 5.79. The van der Waals surface area contributed by atoms with Crippen molar-refractivity contribution < 1.29 is 9.90 Å². The summed E-state index contributed by atoms with van der Waals surface area (Å²) < 4.78 is 0. The van der Waals surface area contributed by atoms with Gasteiger partial charge in [0.15, 0.2) is 0 Å². The predicted octanol–water partition coefficient (Wildman–Crippen LogP) is 1.49. The maximum Gasteiger partial charge on any atom is 0.225 e. The third kappa shape index (κ3) is 3.11. The van der Waals surface area contributed by atoms with Crippen LogP contribution in [0.15, 0.2) is 30.3 Å². The number of piperidine rings is 1. The Labute approximate surface area is 125 Å². The first-order valence-corrected chi connectivity index (χ1v) is 7.92. The van der Waals surface area contributed by atoms with E-state index >= 15 is 0 Å². The van der Waals surface area contributed by atoms with E-state index in [0.29, 0.717) is 18.8 Å². The second-order valence-corrected chi connectivity index (χ2v) is 6.41. The molecule has 2 aliphatic rings. The molecule has 2 fully saturated rings. The zero-order chi connectivity index (χ0) is 14.8. The van der Waals surface area contributed by atoms with Crippen molar-refractivity contribution in [1.29, 1.82) is 0 Å². The van der Waals surface area contributed by atoms with Crippen LogP contribution in [-0.2, 0) is 4.79 Å². The molecule has 1 amide bonds. The summed E-state index contributed by atoms with van der Waals surface area (Å²) in [6, 6.07) is 10.3. The van der Waals surface area contributed by atoms with Crippen LogP contribution in [0, 0.1) is 5.92 Å². The van der Waals surface area contributed by atoms with Crippen LogP contribution in [-0.4, -0.2) is 41.1 Å². The molecule has 1 aromatic rings. The first-order chi connectivity index (χ1) is 10.1. The molecule has 1 saturated heterocycles. The average molecular weight is 288 g/mol. The minimum absolute atomic E-state index is 0.0803. The van der Waals surface area contributed by atoms with E-state index in [0.717, 1.165) is 25.9 Å². The Kier molecular flexibility index (Phi) is 4.27. The van der Waals surface area contributed by atoms with E-state index in [9.17, 15) is 9.90 Å². The number of likely N-dealkylation sites (tertiary alicyclic amines) is 1. The Morgan fingerprint density at radius 3 is 2.38 bits per heavy atom. The first-order valence-electron chi connectivity index (χ1n) is 7.92. The van der Waals surface area contributed by atoms with E-state index in [-0.39, 0.29) is 17.9 Å². The Balaban J connectivity index is 1.55. The minimum Gasteiger partial charge on any atom is -0.391 e. The lowest BCUT2D eigenvalue weighted by Gasteiger charge is -2.33. The second-order valence-electron chi connectivity index (χ2n) is 6.41. The van der Waals surface area contributed by atoms with E-state index in [2.05, 4.69) is 24.3 Å². The fourth-order valence-electron chi connectivity index (χ4n) is 3.67. The highest BCUT2D eigenvalue weighted by Crippen LogP contribution is 2.31. The van der Waals surface area contributed by atoms with Crippen molar-refractivity contribution in [2.75, 3.05) is 13.1 Å². The van der Waals surface area contributed by atoms with Crippen molar-refractivity contribution in [3.05, 3.63) is 35.9 Å². The van der Waals surface area contributed by atoms with Crippen LogP contribution in [0.4, 0.5) is 0 Å². The monoisotopic (exact) mass is 288 g/mol. The molecule has 0 aromatic heterocycles. The number of aliphatic hydroxyl groups is 1. The molecule has 21 heavy (non-hydrogen) atoms. The van der Waals surface area contributed by atoms with Gasteiger partial charge >= 0.3 is 0 Å². The van der Waals surface area contributed by atoms with Crippen LogP contribution in [0.3, 0.4) is 0 Å². The SMILES string of the molecule is N[C@@H]1C[C@H](C(=O)N2CCC(c3ccccc3)CC2)C[C@H]1O. The van der Waals surface area contributed by atoms with Gasteiger partial charge in [0.2, 0.25) is 5.91 Å². The van der Waals surface area contributed by atoms with Crippen molar-refractivity contribution in [2.45, 2.75) is 43.7 Å². The van der Waals surface area contributed by atoms with Crippen LogP contribution < -0.4 is 5.73 Å². The molecule has 3 rings (SSSR count). The number of amides is 1. The van der Waals surface area contributed by atoms with Crippen LogP contribution in [0.25, 0.3) is 0 Å². The summed E-state index contributed by atoms with van der Waals surface area (Å²) in [5.41, 5.74) is 7.19. The number of rotatable bonds is 2. The number of hydrogen-bond donors (Lipinski definition) is 2. The van der Waals surface area contributed by atoms with Gasteiger partial charge in [-0.05, 0) is 37.2 Å². The van der Waals surface area contributed by atoms with Gasteiger partial charge in [-0.25, -0.2) is 0 Å². The molecule has 0 bridgehead atoms. The minimum atomic E-state index is -0.513. The quantitative estimate of drug-likeness (QED) is 0.866. The summed E-state index contributed by atoms with van der Waals surface area (Å²) in [5.74, 6) is 0.670. The van der Waals surface area contributed by atoms with Crippen molar-refractivity contribution in [3.8, 4) is 0 Å². The van der Waals surface area contributed by atoms with Crippen molar-refractivity contribution >= 4 is 5.91 Å². The van der Waals surface area contributed by atoms with Crippen molar-refractivity contribution in [3.63, 3.8) is 0 Å². The standard InChI is InChI=1S/C17H24N2O2/c18-15-10-14(11-16(15)20)17(21)19-8-6-13(7-9-19)12-4-2-1-3-5-12/h1-5,13-16,20H,6-11,18H2/t14-,15+,16+/m0/s1. The van der Waals surface area contributed by atoms with Gasteiger partial charge in [-0.3, -0.25) is 4.79 Å². The van der Waals surface area contributed by atoms with E-state index < -0.39 is 6.10 Å². The number of nitrogens with two attached hydrogens (primary N) is 1. The average Bonchev–Trinajstić information content (AvgIpc) is 2.87. The molecule has 0 radical (unpaired) electrons. The molecule has 3 N–H and O–H groups in total. The van der Waals surface area contributed by atoms with Gasteiger partial charge in [-0.15, -0.1) is 0 Å². The zero-order valence-electron chi connectivity index (χ0n) is 12.3. The molecule has 4 heteroatoms. The van der Waals surface area contributed by atoms with Crippen molar-refractivity contribution in [2.24, 2.45) is 11.7 Å². The Morgan fingerprint density at radius 2 is 1.81 bits per heavy atom. The molecule has 114 valence electrons. The summed E-state index contributed by atoms with van der Waals surface area (Å²) in [4.78, 5) is 14.5. The molecule has 1 aromatic carbocycles. The second kappa shape index (κ2) is 6.16. The highest BCUT2D eigenvalue weighted by Gasteiger charge is 2.37. The summed E-state index contributed by atoms with van der Waals surface area (Å²) in [6.45, 7) is 1.64. The molecule has 3 atom stereocenters. The summed E-state index contributed by atoms with van der Waals surface area (Å²) in [7, 11) is 0. The smallest absolute Gasteiger partial charge is 0.225 e. The summed E-state index contributed by atoms with van der Waals surface area (Å²) in [6.07, 6.45) is 2.69. The Morgan fingerprint density at radius 1 is 1.14 bits per heavy atom. The van der Waals surface area contributed by atoms with E-state index in [1.807, 2.05) is 11.0 Å². The maximum atomic E-state index is 12.5. The van der Waals surface area contributed by atoms with Gasteiger partial charge in [0.1, 0.15) is 0 Å². The molecular formula is C17H24N2O2. The van der Waals surface area contributed by atoms with Gasteiger partial charge in [-0.2, -0.15) is 0 Å². The van der Waals surface area contributed by atoms with Gasteiger partial charge in [0.25, 0.3) is 0 Å². The fourth-order valence-corrected chi connectivity index (χ4v) is 3.67. The van der Waals surface area contributed by atoms with E-state index in [1.165, 1.54) is 5.56 Å². The largest absolute Gasteiger partial charge is 0.391 e. The van der Waals surface area contributed by atoms with E-state index in [4.69, 9.17) is 5.73 Å². The molecular weight excluding hydrogens is 264 g/mol. The maximum absolute atomic E-state index is 12.5. The summed E-state index contributed by atoms with van der Waals surface area (Å²) >= 11 is 0. The molecule has 4 nitrogen and oxygen atoms in total.